The molecule has 1 atom stereocenters. The molecule has 4 nitrogen and oxygen atoms in total. The molecular formula is C14H17FN2O2. The zero-order valence-electron chi connectivity index (χ0n) is 10.8. The number of rotatable bonds is 5. The van der Waals surface area contributed by atoms with E-state index in [0.717, 1.165) is 5.39 Å². The average molecular weight is 264 g/mol. The standard InChI is InChI=1S/C14H17FN2O2/c1-19-12-5-3-9-2-4-11(15)13(14(9)17-12)10(8-18)6-7-16/h2-5,10,18H,6-8,16H2,1H3. The van der Waals surface area contributed by atoms with Gasteiger partial charge in [0, 0.05) is 22.9 Å². The smallest absolute Gasteiger partial charge is 0.213 e. The molecule has 1 aromatic heterocycles. The van der Waals surface area contributed by atoms with Crippen LogP contribution in [0.4, 0.5) is 4.39 Å². The van der Waals surface area contributed by atoms with Gasteiger partial charge in [-0.05, 0) is 31.2 Å². The Labute approximate surface area is 111 Å². The van der Waals surface area contributed by atoms with E-state index in [4.69, 9.17) is 10.5 Å². The van der Waals surface area contributed by atoms with Gasteiger partial charge in [-0.25, -0.2) is 9.37 Å². The van der Waals surface area contributed by atoms with Crippen LogP contribution in [0, 0.1) is 5.82 Å². The molecule has 0 bridgehead atoms. The summed E-state index contributed by atoms with van der Waals surface area (Å²) in [5.41, 5.74) is 6.44. The van der Waals surface area contributed by atoms with Crippen LogP contribution in [0.15, 0.2) is 24.3 Å². The number of aliphatic hydroxyl groups is 1. The molecule has 0 aliphatic rings. The van der Waals surface area contributed by atoms with E-state index in [0.29, 0.717) is 29.9 Å². The predicted octanol–water partition coefficient (Wildman–Crippen LogP) is 1.81. The molecule has 5 heteroatoms. The highest BCUT2D eigenvalue weighted by atomic mass is 19.1. The number of ether oxygens (including phenoxy) is 1. The number of aromatic nitrogens is 1. The Balaban J connectivity index is 2.64. The minimum atomic E-state index is -0.374. The van der Waals surface area contributed by atoms with E-state index in [1.807, 2.05) is 6.07 Å². The van der Waals surface area contributed by atoms with Gasteiger partial charge in [0.05, 0.1) is 19.2 Å². The molecule has 1 heterocycles. The van der Waals surface area contributed by atoms with E-state index in [1.54, 1.807) is 12.1 Å². The van der Waals surface area contributed by atoms with Gasteiger partial charge >= 0.3 is 0 Å². The Morgan fingerprint density at radius 2 is 2.11 bits per heavy atom. The molecule has 0 aliphatic heterocycles. The molecule has 2 aromatic rings. The number of aliphatic hydroxyl groups excluding tert-OH is 1. The lowest BCUT2D eigenvalue weighted by molar-refractivity contribution is 0.258. The Morgan fingerprint density at radius 1 is 1.37 bits per heavy atom. The van der Waals surface area contributed by atoms with Gasteiger partial charge in [-0.15, -0.1) is 0 Å². The monoisotopic (exact) mass is 264 g/mol. The lowest BCUT2D eigenvalue weighted by atomic mass is 9.93. The zero-order chi connectivity index (χ0) is 13.8. The molecule has 1 unspecified atom stereocenters. The third-order valence-electron chi connectivity index (χ3n) is 3.18. The van der Waals surface area contributed by atoms with Gasteiger partial charge in [-0.1, -0.05) is 0 Å². The first-order valence-electron chi connectivity index (χ1n) is 6.15. The van der Waals surface area contributed by atoms with Gasteiger partial charge < -0.3 is 15.6 Å². The van der Waals surface area contributed by atoms with E-state index >= 15 is 0 Å². The number of fused-ring (bicyclic) bond motifs is 1. The summed E-state index contributed by atoms with van der Waals surface area (Å²) in [5, 5.41) is 10.3. The first-order valence-corrected chi connectivity index (χ1v) is 6.15. The molecule has 0 saturated carbocycles. The van der Waals surface area contributed by atoms with E-state index in [9.17, 15) is 9.50 Å². The molecule has 0 spiro atoms. The van der Waals surface area contributed by atoms with Crippen molar-refractivity contribution in [3.63, 3.8) is 0 Å². The topological polar surface area (TPSA) is 68.4 Å². The fraction of sp³-hybridized carbons (Fsp3) is 0.357. The first kappa shape index (κ1) is 13.7. The number of halogens is 1. The molecule has 2 rings (SSSR count). The summed E-state index contributed by atoms with van der Waals surface area (Å²) in [6, 6.07) is 6.60. The van der Waals surface area contributed by atoms with Crippen molar-refractivity contribution in [2.24, 2.45) is 5.73 Å². The number of pyridine rings is 1. The average Bonchev–Trinajstić information content (AvgIpc) is 2.44. The van der Waals surface area contributed by atoms with Crippen molar-refractivity contribution in [3.05, 3.63) is 35.6 Å². The fourth-order valence-electron chi connectivity index (χ4n) is 2.20. The highest BCUT2D eigenvalue weighted by Gasteiger charge is 2.19. The largest absolute Gasteiger partial charge is 0.481 e. The van der Waals surface area contributed by atoms with Crippen LogP contribution in [-0.4, -0.2) is 30.4 Å². The number of benzene rings is 1. The molecular weight excluding hydrogens is 247 g/mol. The van der Waals surface area contributed by atoms with Gasteiger partial charge in [-0.2, -0.15) is 0 Å². The number of hydrogen-bond acceptors (Lipinski definition) is 4. The van der Waals surface area contributed by atoms with Crippen LogP contribution in [0.2, 0.25) is 0 Å². The summed E-state index contributed by atoms with van der Waals surface area (Å²) >= 11 is 0. The molecule has 3 N–H and O–H groups in total. The van der Waals surface area contributed by atoms with Crippen molar-refractivity contribution in [1.82, 2.24) is 4.98 Å². The number of methoxy groups -OCH3 is 1. The number of nitrogens with zero attached hydrogens (tertiary/aromatic N) is 1. The van der Waals surface area contributed by atoms with Crippen LogP contribution in [0.3, 0.4) is 0 Å². The molecule has 0 aliphatic carbocycles. The van der Waals surface area contributed by atoms with Crippen LogP contribution in [0.1, 0.15) is 17.9 Å². The lowest BCUT2D eigenvalue weighted by Crippen LogP contribution is -2.13. The molecule has 1 aromatic carbocycles. The number of nitrogens with two attached hydrogens (primary N) is 1. The molecule has 0 radical (unpaired) electrons. The Bertz CT molecular complexity index is 575. The van der Waals surface area contributed by atoms with Crippen LogP contribution in [0.5, 0.6) is 5.88 Å². The summed E-state index contributed by atoms with van der Waals surface area (Å²) < 4.78 is 19.2. The maximum Gasteiger partial charge on any atom is 0.213 e. The summed E-state index contributed by atoms with van der Waals surface area (Å²) in [6.45, 7) is 0.219. The van der Waals surface area contributed by atoms with Crippen LogP contribution in [0.25, 0.3) is 10.9 Å². The molecule has 19 heavy (non-hydrogen) atoms. The van der Waals surface area contributed by atoms with E-state index in [-0.39, 0.29) is 18.3 Å². The normalized spacial score (nSPS) is 12.6. The van der Waals surface area contributed by atoms with Crippen molar-refractivity contribution in [3.8, 4) is 5.88 Å². The van der Waals surface area contributed by atoms with Crippen LogP contribution < -0.4 is 10.5 Å². The summed E-state index contributed by atoms with van der Waals surface area (Å²) in [7, 11) is 1.51. The first-order chi connectivity index (χ1) is 9.21. The Morgan fingerprint density at radius 3 is 2.74 bits per heavy atom. The van der Waals surface area contributed by atoms with E-state index < -0.39 is 0 Å². The van der Waals surface area contributed by atoms with Gasteiger partial charge in [0.2, 0.25) is 5.88 Å². The van der Waals surface area contributed by atoms with Crippen molar-refractivity contribution in [2.45, 2.75) is 12.3 Å². The molecule has 0 amide bonds. The van der Waals surface area contributed by atoms with E-state index in [2.05, 4.69) is 4.98 Å². The maximum atomic E-state index is 14.1. The number of hydrogen-bond donors (Lipinski definition) is 2. The second kappa shape index (κ2) is 5.95. The molecule has 0 fully saturated rings. The highest BCUT2D eigenvalue weighted by molar-refractivity contribution is 5.83. The maximum absolute atomic E-state index is 14.1. The van der Waals surface area contributed by atoms with Crippen molar-refractivity contribution in [2.75, 3.05) is 20.3 Å². The summed E-state index contributed by atoms with van der Waals surface area (Å²) in [4.78, 5) is 4.29. The molecule has 102 valence electrons. The van der Waals surface area contributed by atoms with Crippen molar-refractivity contribution in [1.29, 1.82) is 0 Å². The Kier molecular flexibility index (Phi) is 4.29. The van der Waals surface area contributed by atoms with Crippen LogP contribution in [-0.2, 0) is 0 Å². The molecule has 0 saturated heterocycles. The third-order valence-corrected chi connectivity index (χ3v) is 3.18. The Hall–Kier alpha value is -1.72. The van der Waals surface area contributed by atoms with Gasteiger partial charge in [0.15, 0.2) is 0 Å². The predicted molar refractivity (Wildman–Crippen MR) is 71.8 cm³/mol. The quantitative estimate of drug-likeness (QED) is 0.864. The second-order valence-electron chi connectivity index (χ2n) is 4.34. The minimum absolute atomic E-state index is 0.161. The minimum Gasteiger partial charge on any atom is -0.481 e. The van der Waals surface area contributed by atoms with Crippen molar-refractivity contribution >= 4 is 10.9 Å². The van der Waals surface area contributed by atoms with Gasteiger partial charge in [0.1, 0.15) is 5.82 Å². The summed E-state index contributed by atoms with van der Waals surface area (Å²) in [5.74, 6) is -0.308. The van der Waals surface area contributed by atoms with E-state index in [1.165, 1.54) is 13.2 Å². The van der Waals surface area contributed by atoms with Gasteiger partial charge in [-0.3, -0.25) is 0 Å². The fourth-order valence-corrected chi connectivity index (χ4v) is 2.20. The lowest BCUT2D eigenvalue weighted by Gasteiger charge is -2.16. The van der Waals surface area contributed by atoms with Crippen molar-refractivity contribution < 1.29 is 14.2 Å². The van der Waals surface area contributed by atoms with Crippen LogP contribution >= 0.6 is 0 Å². The highest BCUT2D eigenvalue weighted by Crippen LogP contribution is 2.30. The zero-order valence-corrected chi connectivity index (χ0v) is 10.8. The SMILES string of the molecule is COc1ccc2ccc(F)c(C(CO)CCN)c2n1. The third kappa shape index (κ3) is 2.67. The summed E-state index contributed by atoms with van der Waals surface area (Å²) in [6.07, 6.45) is 0.505. The van der Waals surface area contributed by atoms with Gasteiger partial charge in [0.25, 0.3) is 0 Å². The second-order valence-corrected chi connectivity index (χ2v) is 4.34.